The number of thiophene rings is 1. The van der Waals surface area contributed by atoms with Gasteiger partial charge >= 0.3 is 11.9 Å². The minimum Gasteiger partial charge on any atom is -0.465 e. The first-order valence-electron chi connectivity index (χ1n) is 10.3. The van der Waals surface area contributed by atoms with Crippen LogP contribution in [0.5, 0.6) is 0 Å². The summed E-state index contributed by atoms with van der Waals surface area (Å²) in [5, 5.41) is 13.0. The number of carbonyl (C=O) groups excluding carboxylic acids is 3. The molecule has 3 N–H and O–H groups in total. The van der Waals surface area contributed by atoms with Gasteiger partial charge in [0.2, 0.25) is 0 Å². The molecule has 0 aromatic carbocycles. The van der Waals surface area contributed by atoms with E-state index in [2.05, 4.69) is 10.3 Å². The van der Waals surface area contributed by atoms with E-state index in [1.165, 1.54) is 18.4 Å². The SMILES string of the molecule is COC(=O)c1c(NC(=O)COC(=O)c2[nH]c(C)c(C(C)O)c2C)sc2c1CCCCC2. The largest absolute Gasteiger partial charge is 0.465 e. The van der Waals surface area contributed by atoms with Crippen molar-refractivity contribution >= 4 is 34.2 Å². The maximum absolute atomic E-state index is 12.5. The number of fused-ring (bicyclic) bond motifs is 1. The van der Waals surface area contributed by atoms with Gasteiger partial charge in [0.1, 0.15) is 10.7 Å². The molecule has 2 aromatic rings. The van der Waals surface area contributed by atoms with Crippen LogP contribution in [0.4, 0.5) is 5.00 Å². The lowest BCUT2D eigenvalue weighted by molar-refractivity contribution is -0.119. The summed E-state index contributed by atoms with van der Waals surface area (Å²) in [4.78, 5) is 41.3. The highest BCUT2D eigenvalue weighted by Crippen LogP contribution is 2.38. The summed E-state index contributed by atoms with van der Waals surface area (Å²) in [6.45, 7) is 4.59. The van der Waals surface area contributed by atoms with Crippen molar-refractivity contribution in [1.29, 1.82) is 0 Å². The molecule has 1 aliphatic rings. The van der Waals surface area contributed by atoms with Crippen LogP contribution < -0.4 is 5.32 Å². The molecule has 0 fully saturated rings. The summed E-state index contributed by atoms with van der Waals surface area (Å²) in [5.74, 6) is -1.70. The zero-order chi connectivity index (χ0) is 22.7. The van der Waals surface area contributed by atoms with Crippen LogP contribution in [0.15, 0.2) is 0 Å². The standard InChI is InChI=1S/C22H28N2O6S/c1-11-17(13(3)25)12(2)23-19(11)22(28)30-10-16(26)24-20-18(21(27)29-4)14-8-6-5-7-9-15(14)31-20/h13,23,25H,5-10H2,1-4H3,(H,24,26). The molecule has 2 aromatic heterocycles. The van der Waals surface area contributed by atoms with Crippen molar-refractivity contribution in [1.82, 2.24) is 4.98 Å². The highest BCUT2D eigenvalue weighted by molar-refractivity contribution is 7.17. The maximum atomic E-state index is 12.5. The first-order chi connectivity index (χ1) is 14.7. The number of aliphatic hydroxyl groups is 1. The Bertz CT molecular complexity index is 1000. The summed E-state index contributed by atoms with van der Waals surface area (Å²) in [5.41, 5.74) is 3.46. The number of hydrogen-bond acceptors (Lipinski definition) is 7. The summed E-state index contributed by atoms with van der Waals surface area (Å²) in [6.07, 6.45) is 4.05. The Hall–Kier alpha value is -2.65. The molecule has 168 valence electrons. The van der Waals surface area contributed by atoms with Crippen LogP contribution in [-0.2, 0) is 27.1 Å². The molecule has 0 spiro atoms. The molecule has 1 unspecified atom stereocenters. The third-order valence-electron chi connectivity index (χ3n) is 5.52. The van der Waals surface area contributed by atoms with Crippen LogP contribution in [0.25, 0.3) is 0 Å². The molecule has 0 aliphatic heterocycles. The van der Waals surface area contributed by atoms with Gasteiger partial charge in [0.25, 0.3) is 5.91 Å². The molecule has 0 saturated carbocycles. The number of aliphatic hydroxyl groups excluding tert-OH is 1. The quantitative estimate of drug-likeness (QED) is 0.459. The normalized spacial score (nSPS) is 14.4. The van der Waals surface area contributed by atoms with Gasteiger partial charge in [0, 0.05) is 16.1 Å². The van der Waals surface area contributed by atoms with Crippen molar-refractivity contribution in [3.63, 3.8) is 0 Å². The molecule has 1 aliphatic carbocycles. The average Bonchev–Trinajstić information content (AvgIpc) is 3.11. The van der Waals surface area contributed by atoms with E-state index in [1.807, 2.05) is 0 Å². The van der Waals surface area contributed by atoms with Gasteiger partial charge in [-0.1, -0.05) is 6.42 Å². The number of aromatic amines is 1. The molecule has 2 heterocycles. The van der Waals surface area contributed by atoms with Gasteiger partial charge in [0.05, 0.1) is 18.8 Å². The predicted octanol–water partition coefficient (Wildman–Crippen LogP) is 3.60. The lowest BCUT2D eigenvalue weighted by Gasteiger charge is -2.08. The zero-order valence-corrected chi connectivity index (χ0v) is 19.0. The molecule has 8 nitrogen and oxygen atoms in total. The van der Waals surface area contributed by atoms with Gasteiger partial charge in [-0.15, -0.1) is 11.3 Å². The number of carbonyl (C=O) groups is 3. The smallest absolute Gasteiger partial charge is 0.355 e. The zero-order valence-electron chi connectivity index (χ0n) is 18.2. The number of nitrogens with one attached hydrogen (secondary N) is 2. The van der Waals surface area contributed by atoms with Crippen LogP contribution >= 0.6 is 11.3 Å². The maximum Gasteiger partial charge on any atom is 0.355 e. The van der Waals surface area contributed by atoms with E-state index in [4.69, 9.17) is 9.47 Å². The van der Waals surface area contributed by atoms with Gasteiger partial charge in [-0.3, -0.25) is 4.79 Å². The van der Waals surface area contributed by atoms with E-state index in [0.29, 0.717) is 27.4 Å². The van der Waals surface area contributed by atoms with Crippen LogP contribution in [0.2, 0.25) is 0 Å². The lowest BCUT2D eigenvalue weighted by Crippen LogP contribution is -2.22. The average molecular weight is 449 g/mol. The Balaban J connectivity index is 1.71. The Kier molecular flexibility index (Phi) is 7.17. The number of hydrogen-bond donors (Lipinski definition) is 3. The van der Waals surface area contributed by atoms with Crippen molar-refractivity contribution in [3.8, 4) is 0 Å². The van der Waals surface area contributed by atoms with Gasteiger partial charge in [0.15, 0.2) is 6.61 Å². The topological polar surface area (TPSA) is 118 Å². The molecule has 1 amide bonds. The number of esters is 2. The van der Waals surface area contributed by atoms with Crippen molar-refractivity contribution < 1.29 is 29.0 Å². The number of ether oxygens (including phenoxy) is 2. The van der Waals surface area contributed by atoms with Crippen LogP contribution in [0.3, 0.4) is 0 Å². The monoisotopic (exact) mass is 448 g/mol. The second-order valence-electron chi connectivity index (χ2n) is 7.72. The van der Waals surface area contributed by atoms with E-state index in [9.17, 15) is 19.5 Å². The Morgan fingerprint density at radius 1 is 1.16 bits per heavy atom. The molecule has 0 saturated heterocycles. The van der Waals surface area contributed by atoms with Crippen LogP contribution in [0.1, 0.15) is 80.4 Å². The summed E-state index contributed by atoms with van der Waals surface area (Å²) >= 11 is 1.38. The summed E-state index contributed by atoms with van der Waals surface area (Å²) < 4.78 is 10.1. The fourth-order valence-corrected chi connectivity index (χ4v) is 5.40. The predicted molar refractivity (Wildman–Crippen MR) is 117 cm³/mol. The number of amides is 1. The molecule has 0 radical (unpaired) electrons. The summed E-state index contributed by atoms with van der Waals surface area (Å²) in [6, 6.07) is 0. The Morgan fingerprint density at radius 3 is 2.52 bits per heavy atom. The molecular formula is C22H28N2O6S. The highest BCUT2D eigenvalue weighted by Gasteiger charge is 2.27. The molecule has 3 rings (SSSR count). The van der Waals surface area contributed by atoms with Crippen molar-refractivity contribution in [2.24, 2.45) is 0 Å². The van der Waals surface area contributed by atoms with E-state index >= 15 is 0 Å². The fourth-order valence-electron chi connectivity index (χ4n) is 4.11. The number of H-pyrrole nitrogens is 1. The van der Waals surface area contributed by atoms with Crippen molar-refractivity contribution in [2.45, 2.75) is 59.0 Å². The van der Waals surface area contributed by atoms with Gasteiger partial charge in [-0.2, -0.15) is 0 Å². The minimum atomic E-state index is -0.730. The third kappa shape index (κ3) is 4.83. The Labute approximate surface area is 184 Å². The van der Waals surface area contributed by atoms with E-state index in [0.717, 1.165) is 42.5 Å². The second-order valence-corrected chi connectivity index (χ2v) is 8.83. The number of aromatic nitrogens is 1. The van der Waals surface area contributed by atoms with Gasteiger partial charge < -0.3 is 24.9 Å². The number of aryl methyl sites for hydroxylation is 2. The molecule has 9 heteroatoms. The number of methoxy groups -OCH3 is 1. The Morgan fingerprint density at radius 2 is 1.87 bits per heavy atom. The van der Waals surface area contributed by atoms with Crippen molar-refractivity contribution in [3.05, 3.63) is 38.5 Å². The first kappa shape index (κ1) is 23.0. The lowest BCUT2D eigenvalue weighted by atomic mass is 10.1. The van der Waals surface area contributed by atoms with E-state index in [-0.39, 0.29) is 5.69 Å². The van der Waals surface area contributed by atoms with E-state index in [1.54, 1.807) is 20.8 Å². The van der Waals surface area contributed by atoms with Crippen LogP contribution in [-0.4, -0.2) is 41.7 Å². The van der Waals surface area contributed by atoms with E-state index < -0.39 is 30.6 Å². The highest BCUT2D eigenvalue weighted by atomic mass is 32.1. The third-order valence-corrected chi connectivity index (χ3v) is 6.72. The molecular weight excluding hydrogens is 420 g/mol. The van der Waals surface area contributed by atoms with Crippen molar-refractivity contribution in [2.75, 3.05) is 19.0 Å². The number of anilines is 1. The summed E-state index contributed by atoms with van der Waals surface area (Å²) in [7, 11) is 1.32. The molecule has 31 heavy (non-hydrogen) atoms. The fraction of sp³-hybridized carbons (Fsp3) is 0.500. The molecule has 0 bridgehead atoms. The van der Waals surface area contributed by atoms with Gasteiger partial charge in [-0.05, 0) is 57.6 Å². The first-order valence-corrected chi connectivity index (χ1v) is 11.1. The second kappa shape index (κ2) is 9.65. The van der Waals surface area contributed by atoms with Gasteiger partial charge in [-0.25, -0.2) is 9.59 Å². The van der Waals surface area contributed by atoms with Crippen LogP contribution in [0, 0.1) is 13.8 Å². The number of rotatable bonds is 6. The minimum absolute atomic E-state index is 0.208. The molecule has 1 atom stereocenters.